The zero-order valence-corrected chi connectivity index (χ0v) is 14.6. The summed E-state index contributed by atoms with van der Waals surface area (Å²) in [4.78, 5) is 13.8. The van der Waals surface area contributed by atoms with E-state index in [4.69, 9.17) is 0 Å². The lowest BCUT2D eigenvalue weighted by atomic mass is 9.80. The fraction of sp³-hybridized carbons (Fsp3) is 0.632. The molecule has 2 rings (SSSR count). The zero-order chi connectivity index (χ0) is 15.4. The van der Waals surface area contributed by atoms with Crippen LogP contribution in [0.3, 0.4) is 0 Å². The van der Waals surface area contributed by atoms with E-state index in [0.717, 1.165) is 6.29 Å². The van der Waals surface area contributed by atoms with Crippen molar-refractivity contribution < 1.29 is 4.79 Å². The Morgan fingerprint density at radius 3 is 2.14 bits per heavy atom. The van der Waals surface area contributed by atoms with Crippen LogP contribution in [0.4, 0.5) is 0 Å². The van der Waals surface area contributed by atoms with Gasteiger partial charge in [0.2, 0.25) is 0 Å². The average molecular weight is 304 g/mol. The Bertz CT molecular complexity index is 502. The number of hydrogen-bond acceptors (Lipinski definition) is 2. The Balaban J connectivity index is 2.55. The molecule has 1 aliphatic carbocycles. The largest absolute Gasteiger partial charge is 0.299 e. The lowest BCUT2D eigenvalue weighted by molar-refractivity contribution is -0.104. The summed E-state index contributed by atoms with van der Waals surface area (Å²) in [6.45, 7) is 9.13. The van der Waals surface area contributed by atoms with Crippen LogP contribution in [-0.4, -0.2) is 6.29 Å². The Kier molecular flexibility index (Phi) is 5.80. The maximum Gasteiger partial charge on any atom is 0.142 e. The second kappa shape index (κ2) is 7.40. The molecule has 1 saturated carbocycles. The van der Waals surface area contributed by atoms with Gasteiger partial charge < -0.3 is 0 Å². The van der Waals surface area contributed by atoms with Gasteiger partial charge in [-0.15, -0.1) is 11.3 Å². The summed E-state index contributed by atoms with van der Waals surface area (Å²) in [7, 11) is 0. The van der Waals surface area contributed by atoms with Gasteiger partial charge >= 0.3 is 0 Å². The van der Waals surface area contributed by atoms with Gasteiger partial charge in [-0.1, -0.05) is 53.0 Å². The molecular formula is C19H28OS. The van der Waals surface area contributed by atoms with Crippen LogP contribution in [0.1, 0.15) is 98.4 Å². The zero-order valence-electron chi connectivity index (χ0n) is 13.8. The van der Waals surface area contributed by atoms with Crippen molar-refractivity contribution in [3.8, 4) is 0 Å². The monoisotopic (exact) mass is 304 g/mol. The van der Waals surface area contributed by atoms with Crippen LogP contribution in [0.15, 0.2) is 6.08 Å². The third-order valence-corrected chi connectivity index (χ3v) is 6.27. The molecule has 1 nitrogen and oxygen atoms in total. The molecule has 1 fully saturated rings. The van der Waals surface area contributed by atoms with Gasteiger partial charge in [0.25, 0.3) is 0 Å². The van der Waals surface area contributed by atoms with Crippen molar-refractivity contribution >= 4 is 23.7 Å². The highest BCUT2D eigenvalue weighted by molar-refractivity contribution is 7.12. The molecule has 0 saturated heterocycles. The number of hydrogen-bond donors (Lipinski definition) is 0. The summed E-state index contributed by atoms with van der Waals surface area (Å²) in [5, 5.41) is 0. The van der Waals surface area contributed by atoms with Crippen LogP contribution in [0, 0.1) is 0 Å². The minimum atomic E-state index is 0.524. The molecule has 1 aromatic rings. The molecule has 0 aliphatic heterocycles. The van der Waals surface area contributed by atoms with Gasteiger partial charge in [-0.3, -0.25) is 4.79 Å². The predicted octanol–water partition coefficient (Wildman–Crippen LogP) is 6.25. The molecule has 0 spiro atoms. The number of carbonyl (C=O) groups excluding carboxylic acids is 1. The quantitative estimate of drug-likeness (QED) is 0.464. The van der Waals surface area contributed by atoms with E-state index in [9.17, 15) is 4.79 Å². The maximum absolute atomic E-state index is 10.8. The molecule has 0 bridgehead atoms. The van der Waals surface area contributed by atoms with E-state index in [-0.39, 0.29) is 0 Å². The molecule has 0 aromatic carbocycles. The summed E-state index contributed by atoms with van der Waals surface area (Å²) in [6, 6.07) is 0. The number of aldehydes is 1. The molecule has 116 valence electrons. The lowest BCUT2D eigenvalue weighted by Crippen LogP contribution is -2.08. The highest BCUT2D eigenvalue weighted by atomic mass is 32.1. The normalized spacial score (nSPS) is 17.2. The predicted molar refractivity (Wildman–Crippen MR) is 93.4 cm³/mol. The van der Waals surface area contributed by atoms with Crippen molar-refractivity contribution in [2.24, 2.45) is 0 Å². The number of carbonyl (C=O) groups is 1. The SMILES string of the molecule is CC(C)c1sc(C(C)C)c(C2CCCCC2)c1/C=C/C=O. The Labute approximate surface area is 133 Å². The molecule has 21 heavy (non-hydrogen) atoms. The van der Waals surface area contributed by atoms with Crippen LogP contribution in [0.25, 0.3) is 6.08 Å². The fourth-order valence-electron chi connectivity index (χ4n) is 3.47. The smallest absolute Gasteiger partial charge is 0.142 e. The summed E-state index contributed by atoms with van der Waals surface area (Å²) < 4.78 is 0. The first-order chi connectivity index (χ1) is 10.1. The van der Waals surface area contributed by atoms with Gasteiger partial charge in [0.05, 0.1) is 0 Å². The topological polar surface area (TPSA) is 17.1 Å². The van der Waals surface area contributed by atoms with Crippen molar-refractivity contribution in [3.05, 3.63) is 27.0 Å². The van der Waals surface area contributed by atoms with Crippen molar-refractivity contribution in [1.29, 1.82) is 0 Å². The van der Waals surface area contributed by atoms with Gasteiger partial charge in [0.15, 0.2) is 0 Å². The summed E-state index contributed by atoms with van der Waals surface area (Å²) in [6.07, 6.45) is 11.4. The molecule has 1 aliphatic rings. The van der Waals surface area contributed by atoms with Crippen LogP contribution in [0.2, 0.25) is 0 Å². The molecule has 1 heterocycles. The molecule has 0 N–H and O–H groups in total. The fourth-order valence-corrected chi connectivity index (χ4v) is 4.85. The van der Waals surface area contributed by atoms with E-state index in [1.807, 2.05) is 11.3 Å². The first-order valence-electron chi connectivity index (χ1n) is 8.34. The lowest BCUT2D eigenvalue weighted by Gasteiger charge is -2.24. The van der Waals surface area contributed by atoms with E-state index in [0.29, 0.717) is 17.8 Å². The highest BCUT2D eigenvalue weighted by Crippen LogP contribution is 2.46. The number of rotatable bonds is 5. The molecular weight excluding hydrogens is 276 g/mol. The van der Waals surface area contributed by atoms with E-state index < -0.39 is 0 Å². The molecule has 1 aromatic heterocycles. The first-order valence-corrected chi connectivity index (χ1v) is 9.16. The Morgan fingerprint density at radius 1 is 1.00 bits per heavy atom. The van der Waals surface area contributed by atoms with Crippen LogP contribution in [0.5, 0.6) is 0 Å². The molecule has 0 atom stereocenters. The third-order valence-electron chi connectivity index (χ3n) is 4.44. The van der Waals surface area contributed by atoms with Crippen LogP contribution < -0.4 is 0 Å². The van der Waals surface area contributed by atoms with Gasteiger partial charge in [0.1, 0.15) is 6.29 Å². The highest BCUT2D eigenvalue weighted by Gasteiger charge is 2.27. The van der Waals surface area contributed by atoms with Gasteiger partial charge in [-0.2, -0.15) is 0 Å². The average Bonchev–Trinajstić information content (AvgIpc) is 2.85. The number of thiophene rings is 1. The summed E-state index contributed by atoms with van der Waals surface area (Å²) in [5.74, 6) is 1.80. The standard InChI is InChI=1S/C19H28OS/c1-13(2)18-16(11-8-12-20)17(19(21-18)14(3)4)15-9-6-5-7-10-15/h8,11-15H,5-7,9-10H2,1-4H3/b11-8+. The van der Waals surface area contributed by atoms with Crippen molar-refractivity contribution in [2.45, 2.75) is 77.6 Å². The van der Waals surface area contributed by atoms with E-state index in [1.54, 1.807) is 16.5 Å². The van der Waals surface area contributed by atoms with E-state index in [2.05, 4.69) is 33.8 Å². The summed E-state index contributed by atoms with van der Waals surface area (Å²) >= 11 is 1.98. The van der Waals surface area contributed by atoms with Gasteiger partial charge in [-0.25, -0.2) is 0 Å². The Hall–Kier alpha value is -0.890. The second-order valence-corrected chi connectivity index (χ2v) is 7.88. The Morgan fingerprint density at radius 2 is 1.62 bits per heavy atom. The van der Waals surface area contributed by atoms with E-state index >= 15 is 0 Å². The molecule has 0 amide bonds. The molecule has 0 radical (unpaired) electrons. The van der Waals surface area contributed by atoms with Crippen LogP contribution in [-0.2, 0) is 4.79 Å². The second-order valence-electron chi connectivity index (χ2n) is 6.80. The van der Waals surface area contributed by atoms with Crippen molar-refractivity contribution in [3.63, 3.8) is 0 Å². The minimum absolute atomic E-state index is 0.524. The van der Waals surface area contributed by atoms with Gasteiger partial charge in [-0.05, 0) is 47.8 Å². The van der Waals surface area contributed by atoms with Crippen LogP contribution >= 0.6 is 11.3 Å². The third kappa shape index (κ3) is 3.66. The minimum Gasteiger partial charge on any atom is -0.299 e. The molecule has 0 unspecified atom stereocenters. The number of allylic oxidation sites excluding steroid dienone is 1. The van der Waals surface area contributed by atoms with Gasteiger partial charge in [0, 0.05) is 9.75 Å². The van der Waals surface area contributed by atoms with Crippen molar-refractivity contribution in [1.82, 2.24) is 0 Å². The molecule has 2 heteroatoms. The summed E-state index contributed by atoms with van der Waals surface area (Å²) in [5.41, 5.74) is 2.93. The maximum atomic E-state index is 10.8. The van der Waals surface area contributed by atoms with E-state index in [1.165, 1.54) is 42.5 Å². The first kappa shape index (κ1) is 16.5. The van der Waals surface area contributed by atoms with Crippen molar-refractivity contribution in [2.75, 3.05) is 0 Å².